The number of rotatable bonds is 1. The summed E-state index contributed by atoms with van der Waals surface area (Å²) in [6.45, 7) is 3.85. The summed E-state index contributed by atoms with van der Waals surface area (Å²) in [6, 6.07) is 21.2. The first kappa shape index (κ1) is 19.1. The largest absolute Gasteiger partial charge is 0.274 e. The van der Waals surface area contributed by atoms with Crippen molar-refractivity contribution in [1.82, 2.24) is 0 Å². The van der Waals surface area contributed by atoms with E-state index in [1.54, 1.807) is 0 Å². The smallest absolute Gasteiger partial charge is 0.240 e. The predicted molar refractivity (Wildman–Crippen MR) is 122 cm³/mol. The van der Waals surface area contributed by atoms with Gasteiger partial charge in [0.25, 0.3) is 0 Å². The Bertz CT molecular complexity index is 1190. The summed E-state index contributed by atoms with van der Waals surface area (Å²) in [4.78, 5) is 26.9. The molecule has 0 aromatic heterocycles. The molecule has 3 nitrogen and oxygen atoms in total. The van der Waals surface area contributed by atoms with Gasteiger partial charge in [0.2, 0.25) is 11.8 Å². The Labute approximate surface area is 190 Å². The third kappa shape index (κ3) is 2.07. The molecule has 154 valence electrons. The van der Waals surface area contributed by atoms with E-state index < -0.39 is 21.6 Å². The van der Waals surface area contributed by atoms with Crippen molar-refractivity contribution >= 4 is 40.7 Å². The standard InChI is InChI=1S/C26H19Cl2NO2/c1-14-11-12-15(2)20(13-14)29-23(30)21-22(24(29)31)26(28)17-8-4-3-7-16(17)25(21,27)18-9-5-6-10-19(18)26/h3-13,21-22H,1-2H3/t21-,22-,25?,26?/m1/s1. The number of hydrogen-bond acceptors (Lipinski definition) is 2. The zero-order chi connectivity index (χ0) is 21.7. The second-order valence-electron chi connectivity index (χ2n) is 8.77. The van der Waals surface area contributed by atoms with Crippen LogP contribution < -0.4 is 4.90 Å². The fourth-order valence-electron chi connectivity index (χ4n) is 5.86. The number of anilines is 1. The first-order valence-corrected chi connectivity index (χ1v) is 11.1. The van der Waals surface area contributed by atoms with Gasteiger partial charge in [-0.3, -0.25) is 9.59 Å². The van der Waals surface area contributed by atoms with Crippen LogP contribution in [0.25, 0.3) is 0 Å². The van der Waals surface area contributed by atoms with Gasteiger partial charge in [0.1, 0.15) is 9.75 Å². The van der Waals surface area contributed by atoms with E-state index in [-0.39, 0.29) is 11.8 Å². The lowest BCUT2D eigenvalue weighted by Crippen LogP contribution is -2.57. The zero-order valence-electron chi connectivity index (χ0n) is 17.0. The van der Waals surface area contributed by atoms with Crippen molar-refractivity contribution in [2.45, 2.75) is 23.6 Å². The van der Waals surface area contributed by atoms with Crippen molar-refractivity contribution in [3.63, 3.8) is 0 Å². The first-order chi connectivity index (χ1) is 14.8. The number of carbonyl (C=O) groups excluding carboxylic acids is 2. The molecule has 2 amide bonds. The first-order valence-electron chi connectivity index (χ1n) is 10.3. The Kier molecular flexibility index (Phi) is 3.69. The molecule has 7 rings (SSSR count). The fourth-order valence-corrected chi connectivity index (χ4v) is 6.96. The van der Waals surface area contributed by atoms with Crippen LogP contribution in [0.3, 0.4) is 0 Å². The van der Waals surface area contributed by atoms with Crippen LogP contribution in [-0.4, -0.2) is 11.8 Å². The van der Waals surface area contributed by atoms with Crippen LogP contribution in [0.5, 0.6) is 0 Å². The molecule has 4 aliphatic rings. The summed E-state index contributed by atoms with van der Waals surface area (Å²) in [5.41, 5.74) is 5.71. The number of nitrogens with zero attached hydrogens (tertiary/aromatic N) is 1. The van der Waals surface area contributed by atoms with Crippen molar-refractivity contribution in [3.8, 4) is 0 Å². The molecule has 3 aromatic rings. The second kappa shape index (κ2) is 5.99. The predicted octanol–water partition coefficient (Wildman–Crippen LogP) is 5.40. The second-order valence-corrected chi connectivity index (χ2v) is 9.96. The maximum atomic E-state index is 13.9. The summed E-state index contributed by atoms with van der Waals surface area (Å²) in [5.74, 6) is -2.12. The van der Waals surface area contributed by atoms with E-state index in [9.17, 15) is 9.59 Å². The van der Waals surface area contributed by atoms with Crippen LogP contribution in [0.1, 0.15) is 33.4 Å². The molecule has 0 saturated carbocycles. The number of benzene rings is 3. The minimum absolute atomic E-state index is 0.285. The van der Waals surface area contributed by atoms with Crippen LogP contribution in [0.2, 0.25) is 0 Å². The van der Waals surface area contributed by atoms with Gasteiger partial charge >= 0.3 is 0 Å². The highest BCUT2D eigenvalue weighted by Gasteiger charge is 2.73. The molecule has 2 atom stereocenters. The number of aryl methyl sites for hydroxylation is 2. The quantitative estimate of drug-likeness (QED) is 0.369. The van der Waals surface area contributed by atoms with Gasteiger partial charge in [0.05, 0.1) is 17.5 Å². The average Bonchev–Trinajstić information content (AvgIpc) is 3.05. The number of imide groups is 1. The van der Waals surface area contributed by atoms with E-state index in [0.717, 1.165) is 33.4 Å². The lowest BCUT2D eigenvalue weighted by molar-refractivity contribution is -0.122. The van der Waals surface area contributed by atoms with Crippen LogP contribution >= 0.6 is 23.2 Å². The third-order valence-electron chi connectivity index (χ3n) is 7.19. The summed E-state index contributed by atoms with van der Waals surface area (Å²) < 4.78 is 0. The van der Waals surface area contributed by atoms with Gasteiger partial charge in [0.15, 0.2) is 0 Å². The van der Waals surface area contributed by atoms with Gasteiger partial charge in [-0.15, -0.1) is 23.2 Å². The Morgan fingerprint density at radius 1 is 0.710 bits per heavy atom. The number of alkyl halides is 2. The third-order valence-corrected chi connectivity index (χ3v) is 8.48. The maximum absolute atomic E-state index is 13.9. The molecule has 0 spiro atoms. The Morgan fingerprint density at radius 2 is 1.13 bits per heavy atom. The van der Waals surface area contributed by atoms with Crippen LogP contribution in [0, 0.1) is 25.7 Å². The highest BCUT2D eigenvalue weighted by atomic mass is 35.5. The molecular weight excluding hydrogens is 429 g/mol. The fraction of sp³-hybridized carbons (Fsp3) is 0.231. The van der Waals surface area contributed by atoms with Crippen molar-refractivity contribution in [3.05, 3.63) is 100 Å². The molecule has 0 N–H and O–H groups in total. The Morgan fingerprint density at radius 3 is 1.55 bits per heavy atom. The number of halogens is 2. The van der Waals surface area contributed by atoms with Gasteiger partial charge in [-0.05, 0) is 53.3 Å². The van der Waals surface area contributed by atoms with Gasteiger partial charge in [-0.1, -0.05) is 60.7 Å². The molecule has 1 aliphatic heterocycles. The Hall–Kier alpha value is -2.62. The number of hydrogen-bond donors (Lipinski definition) is 0. The van der Waals surface area contributed by atoms with Crippen molar-refractivity contribution in [1.29, 1.82) is 0 Å². The molecule has 1 heterocycles. The zero-order valence-corrected chi connectivity index (χ0v) is 18.5. The molecule has 31 heavy (non-hydrogen) atoms. The van der Waals surface area contributed by atoms with Crippen molar-refractivity contribution in [2.24, 2.45) is 11.8 Å². The van der Waals surface area contributed by atoms with E-state index in [4.69, 9.17) is 23.2 Å². The molecule has 2 bridgehead atoms. The molecule has 5 heteroatoms. The Balaban J connectivity index is 1.67. The van der Waals surface area contributed by atoms with E-state index in [1.165, 1.54) is 4.90 Å². The summed E-state index contributed by atoms with van der Waals surface area (Å²) in [7, 11) is 0. The molecule has 3 aliphatic carbocycles. The molecule has 1 saturated heterocycles. The number of amides is 2. The molecule has 1 fully saturated rings. The van der Waals surface area contributed by atoms with Gasteiger partial charge < -0.3 is 0 Å². The topological polar surface area (TPSA) is 37.4 Å². The van der Waals surface area contributed by atoms with E-state index in [0.29, 0.717) is 5.69 Å². The van der Waals surface area contributed by atoms with Crippen molar-refractivity contribution in [2.75, 3.05) is 4.90 Å². The highest BCUT2D eigenvalue weighted by molar-refractivity contribution is 6.38. The summed E-state index contributed by atoms with van der Waals surface area (Å²) >= 11 is 14.9. The van der Waals surface area contributed by atoms with Crippen LogP contribution in [-0.2, 0) is 19.3 Å². The number of carbonyl (C=O) groups is 2. The summed E-state index contributed by atoms with van der Waals surface area (Å²) in [5, 5.41) is 0. The normalized spacial score (nSPS) is 30.3. The monoisotopic (exact) mass is 447 g/mol. The van der Waals surface area contributed by atoms with Crippen LogP contribution in [0.4, 0.5) is 5.69 Å². The minimum atomic E-state index is -1.15. The lowest BCUT2D eigenvalue weighted by atomic mass is 9.54. The van der Waals surface area contributed by atoms with E-state index in [2.05, 4.69) is 0 Å². The highest BCUT2D eigenvalue weighted by Crippen LogP contribution is 2.69. The SMILES string of the molecule is Cc1ccc(C)c(N2C(=O)[C@H]3[C@H](C2=O)C2(Cl)c4ccccc4C3(Cl)c3ccccc32)c1. The molecular formula is C26H19Cl2NO2. The van der Waals surface area contributed by atoms with Gasteiger partial charge in [-0.2, -0.15) is 0 Å². The molecule has 0 unspecified atom stereocenters. The van der Waals surface area contributed by atoms with E-state index >= 15 is 0 Å². The molecule has 3 aromatic carbocycles. The van der Waals surface area contributed by atoms with Gasteiger partial charge in [-0.25, -0.2) is 4.90 Å². The summed E-state index contributed by atoms with van der Waals surface area (Å²) in [6.07, 6.45) is 0. The lowest BCUT2D eigenvalue weighted by Gasteiger charge is -2.54. The van der Waals surface area contributed by atoms with Gasteiger partial charge in [0, 0.05) is 0 Å². The van der Waals surface area contributed by atoms with Crippen molar-refractivity contribution < 1.29 is 9.59 Å². The van der Waals surface area contributed by atoms with Crippen LogP contribution in [0.15, 0.2) is 66.7 Å². The average molecular weight is 448 g/mol. The maximum Gasteiger partial charge on any atom is 0.240 e. The van der Waals surface area contributed by atoms with E-state index in [1.807, 2.05) is 80.6 Å². The molecule has 0 radical (unpaired) electrons. The minimum Gasteiger partial charge on any atom is -0.274 e.